The Balaban J connectivity index is 2.46. The lowest BCUT2D eigenvalue weighted by atomic mass is 10.4. The Morgan fingerprint density at radius 3 is 3.38 bits per heavy atom. The Morgan fingerprint density at radius 1 is 1.54 bits per heavy atom. The molecule has 0 atom stereocenters. The fourth-order valence-electron chi connectivity index (χ4n) is 1.42. The third-order valence-corrected chi connectivity index (χ3v) is 2.90. The average Bonchev–Trinajstić information content (AvgIpc) is 2.66. The van der Waals surface area contributed by atoms with Crippen LogP contribution in [0.3, 0.4) is 0 Å². The highest BCUT2D eigenvalue weighted by atomic mass is 32.2. The summed E-state index contributed by atoms with van der Waals surface area (Å²) in [5.41, 5.74) is 1.46. The van der Waals surface area contributed by atoms with Gasteiger partial charge in [0, 0.05) is 6.20 Å². The quantitative estimate of drug-likeness (QED) is 0.627. The van der Waals surface area contributed by atoms with E-state index in [-0.39, 0.29) is 5.91 Å². The van der Waals surface area contributed by atoms with Gasteiger partial charge in [-0.1, -0.05) is 11.8 Å². The molecule has 3 heterocycles. The van der Waals surface area contributed by atoms with Crippen LogP contribution in [0.5, 0.6) is 0 Å². The minimum absolute atomic E-state index is 0.0931. The normalized spacial score (nSPS) is 15.2. The van der Waals surface area contributed by atoms with E-state index < -0.39 is 0 Å². The monoisotopic (exact) mass is 191 g/mol. The summed E-state index contributed by atoms with van der Waals surface area (Å²) >= 11 is 1.46. The standard InChI is InChI=1S/C8H5N3OS/c12-6-4-13-8-10-7-5(11(6)8)2-1-3-9-7/h1-3H,4H2. The van der Waals surface area contributed by atoms with Gasteiger partial charge in [0.1, 0.15) is 0 Å². The number of carbonyl (C=O) groups excluding carboxylic acids is 1. The number of rotatable bonds is 0. The minimum Gasteiger partial charge on any atom is -0.273 e. The molecule has 64 valence electrons. The smallest absolute Gasteiger partial charge is 0.243 e. The molecular weight excluding hydrogens is 186 g/mol. The van der Waals surface area contributed by atoms with Crippen LogP contribution in [0, 0.1) is 0 Å². The van der Waals surface area contributed by atoms with E-state index in [2.05, 4.69) is 9.97 Å². The predicted octanol–water partition coefficient (Wildman–Crippen LogP) is 1.18. The number of nitrogens with zero attached hydrogens (tertiary/aromatic N) is 3. The van der Waals surface area contributed by atoms with Crippen molar-refractivity contribution in [1.29, 1.82) is 0 Å². The maximum atomic E-state index is 11.4. The van der Waals surface area contributed by atoms with Crippen molar-refractivity contribution in [3.63, 3.8) is 0 Å². The highest BCUT2D eigenvalue weighted by Gasteiger charge is 2.24. The van der Waals surface area contributed by atoms with Gasteiger partial charge in [-0.2, -0.15) is 0 Å². The molecule has 0 saturated heterocycles. The molecule has 5 heteroatoms. The van der Waals surface area contributed by atoms with Gasteiger partial charge in [0.15, 0.2) is 10.8 Å². The van der Waals surface area contributed by atoms with Crippen LogP contribution in [0.2, 0.25) is 0 Å². The Morgan fingerprint density at radius 2 is 2.46 bits per heavy atom. The SMILES string of the molecule is O=C1CSc2nc3ncccc3n21. The number of pyridine rings is 1. The van der Waals surface area contributed by atoms with E-state index in [4.69, 9.17) is 0 Å². The molecule has 0 N–H and O–H groups in total. The van der Waals surface area contributed by atoms with Crippen molar-refractivity contribution in [3.05, 3.63) is 18.3 Å². The van der Waals surface area contributed by atoms with Crippen LogP contribution in [0.1, 0.15) is 4.79 Å². The highest BCUT2D eigenvalue weighted by molar-refractivity contribution is 8.00. The van der Waals surface area contributed by atoms with Crippen molar-refractivity contribution in [2.75, 3.05) is 5.75 Å². The number of carbonyl (C=O) groups is 1. The zero-order chi connectivity index (χ0) is 8.84. The van der Waals surface area contributed by atoms with Crippen molar-refractivity contribution >= 4 is 28.8 Å². The first-order valence-electron chi connectivity index (χ1n) is 3.86. The van der Waals surface area contributed by atoms with Crippen LogP contribution >= 0.6 is 11.8 Å². The van der Waals surface area contributed by atoms with Crippen LogP contribution in [-0.2, 0) is 0 Å². The van der Waals surface area contributed by atoms with E-state index in [0.717, 1.165) is 10.7 Å². The average molecular weight is 191 g/mol. The molecule has 1 aliphatic rings. The molecule has 4 nitrogen and oxygen atoms in total. The van der Waals surface area contributed by atoms with Gasteiger partial charge in [-0.25, -0.2) is 9.97 Å². The third-order valence-electron chi connectivity index (χ3n) is 1.97. The largest absolute Gasteiger partial charge is 0.273 e. The van der Waals surface area contributed by atoms with E-state index in [1.54, 1.807) is 10.8 Å². The molecule has 0 unspecified atom stereocenters. The number of aromatic nitrogens is 3. The maximum Gasteiger partial charge on any atom is 0.243 e. The van der Waals surface area contributed by atoms with Gasteiger partial charge in [-0.3, -0.25) is 9.36 Å². The summed E-state index contributed by atoms with van der Waals surface area (Å²) in [7, 11) is 0. The van der Waals surface area contributed by atoms with Crippen molar-refractivity contribution in [3.8, 4) is 0 Å². The van der Waals surface area contributed by atoms with E-state index >= 15 is 0 Å². The summed E-state index contributed by atoms with van der Waals surface area (Å²) < 4.78 is 1.63. The van der Waals surface area contributed by atoms with Gasteiger partial charge in [0.2, 0.25) is 5.91 Å². The first kappa shape index (κ1) is 7.08. The van der Waals surface area contributed by atoms with E-state index in [1.165, 1.54) is 11.8 Å². The van der Waals surface area contributed by atoms with Crippen LogP contribution in [0.15, 0.2) is 23.5 Å². The first-order valence-corrected chi connectivity index (χ1v) is 4.84. The summed E-state index contributed by atoms with van der Waals surface area (Å²) in [5.74, 6) is 0.586. The summed E-state index contributed by atoms with van der Waals surface area (Å²) in [6, 6.07) is 3.68. The summed E-state index contributed by atoms with van der Waals surface area (Å²) in [4.78, 5) is 19.7. The molecule has 0 bridgehead atoms. The Bertz CT molecular complexity index is 505. The van der Waals surface area contributed by atoms with Crippen molar-refractivity contribution < 1.29 is 4.79 Å². The number of hydrogen-bond donors (Lipinski definition) is 0. The van der Waals surface area contributed by atoms with Crippen LogP contribution in [0.25, 0.3) is 11.2 Å². The van der Waals surface area contributed by atoms with Gasteiger partial charge >= 0.3 is 0 Å². The molecule has 0 saturated carbocycles. The van der Waals surface area contributed by atoms with Crippen LogP contribution in [-0.4, -0.2) is 26.2 Å². The summed E-state index contributed by atoms with van der Waals surface area (Å²) in [6.07, 6.45) is 1.68. The van der Waals surface area contributed by atoms with E-state index in [0.29, 0.717) is 11.4 Å². The Hall–Kier alpha value is -1.36. The second-order valence-corrected chi connectivity index (χ2v) is 3.70. The molecule has 0 amide bonds. The third kappa shape index (κ3) is 0.846. The van der Waals surface area contributed by atoms with Crippen molar-refractivity contribution in [2.24, 2.45) is 0 Å². The molecule has 3 rings (SSSR count). The van der Waals surface area contributed by atoms with Gasteiger partial charge in [0.25, 0.3) is 0 Å². The summed E-state index contributed by atoms with van der Waals surface area (Å²) in [5, 5.41) is 0.763. The number of hydrogen-bond acceptors (Lipinski definition) is 4. The molecule has 2 aromatic heterocycles. The van der Waals surface area contributed by atoms with E-state index in [1.807, 2.05) is 12.1 Å². The molecule has 13 heavy (non-hydrogen) atoms. The van der Waals surface area contributed by atoms with Crippen LogP contribution in [0.4, 0.5) is 0 Å². The van der Waals surface area contributed by atoms with E-state index in [9.17, 15) is 4.79 Å². The maximum absolute atomic E-state index is 11.4. The molecular formula is C8H5N3OS. The zero-order valence-electron chi connectivity index (χ0n) is 6.60. The number of fused-ring (bicyclic) bond motifs is 3. The molecule has 0 aromatic carbocycles. The van der Waals surface area contributed by atoms with Crippen molar-refractivity contribution in [2.45, 2.75) is 5.16 Å². The number of thioether (sulfide) groups is 1. The van der Waals surface area contributed by atoms with Crippen molar-refractivity contribution in [1.82, 2.24) is 14.5 Å². The molecule has 0 radical (unpaired) electrons. The molecule has 0 fully saturated rings. The van der Waals surface area contributed by atoms with Gasteiger partial charge in [-0.15, -0.1) is 0 Å². The first-order chi connectivity index (χ1) is 6.36. The molecule has 1 aliphatic heterocycles. The number of imidazole rings is 1. The highest BCUT2D eigenvalue weighted by Crippen LogP contribution is 2.28. The second kappa shape index (κ2) is 2.32. The molecule has 0 spiro atoms. The Kier molecular flexibility index (Phi) is 1.26. The minimum atomic E-state index is 0.0931. The molecule has 0 aliphatic carbocycles. The second-order valence-electron chi connectivity index (χ2n) is 2.76. The lowest BCUT2D eigenvalue weighted by Gasteiger charge is -1.93. The van der Waals surface area contributed by atoms with Gasteiger partial charge in [0.05, 0.1) is 11.3 Å². The zero-order valence-corrected chi connectivity index (χ0v) is 7.41. The lowest BCUT2D eigenvalue weighted by Crippen LogP contribution is -2.05. The van der Waals surface area contributed by atoms with Gasteiger partial charge < -0.3 is 0 Å². The fourth-order valence-corrected chi connectivity index (χ4v) is 2.28. The van der Waals surface area contributed by atoms with Crippen LogP contribution < -0.4 is 0 Å². The summed E-state index contributed by atoms with van der Waals surface area (Å²) in [6.45, 7) is 0. The fraction of sp³-hybridized carbons (Fsp3) is 0.125. The molecule has 2 aromatic rings. The van der Waals surface area contributed by atoms with Gasteiger partial charge in [-0.05, 0) is 12.1 Å². The lowest BCUT2D eigenvalue weighted by molar-refractivity contribution is 0.0944. The predicted molar refractivity (Wildman–Crippen MR) is 48.9 cm³/mol. The topological polar surface area (TPSA) is 47.8 Å². The Labute approximate surface area is 78.0 Å².